The second-order valence-electron chi connectivity index (χ2n) is 3.43. The van der Waals surface area contributed by atoms with Gasteiger partial charge in [-0.05, 0) is 40.2 Å². The molecule has 86 valence electrons. The minimum atomic E-state index is 0.0215. The van der Waals surface area contributed by atoms with Gasteiger partial charge in [0, 0.05) is 11.3 Å². The molecule has 0 amide bonds. The summed E-state index contributed by atoms with van der Waals surface area (Å²) in [6, 6.07) is 10.6. The molecule has 0 unspecified atom stereocenters. The molecular formula is C11H10BrN5. The lowest BCUT2D eigenvalue weighted by Gasteiger charge is -2.06. The summed E-state index contributed by atoms with van der Waals surface area (Å²) in [6.07, 6.45) is 0. The molecule has 0 spiro atoms. The summed E-state index contributed by atoms with van der Waals surface area (Å²) >= 11 is 2.99. The third-order valence-corrected chi connectivity index (χ3v) is 2.54. The third kappa shape index (κ3) is 2.42. The Kier molecular flexibility index (Phi) is 3.06. The highest BCUT2D eigenvalue weighted by atomic mass is 79.9. The molecule has 17 heavy (non-hydrogen) atoms. The van der Waals surface area contributed by atoms with Gasteiger partial charge in [0.25, 0.3) is 0 Å². The van der Waals surface area contributed by atoms with E-state index in [-0.39, 0.29) is 10.2 Å². The van der Waals surface area contributed by atoms with Crippen molar-refractivity contribution in [3.63, 3.8) is 0 Å². The van der Waals surface area contributed by atoms with Crippen LogP contribution in [0.2, 0.25) is 0 Å². The van der Waals surface area contributed by atoms with Crippen LogP contribution >= 0.6 is 15.9 Å². The lowest BCUT2D eigenvalue weighted by atomic mass is 10.1. The van der Waals surface area contributed by atoms with Crippen LogP contribution in [0.15, 0.2) is 36.4 Å². The number of benzene rings is 1. The lowest BCUT2D eigenvalue weighted by molar-refractivity contribution is 0.828. The Bertz CT molecular complexity index is 632. The zero-order valence-corrected chi connectivity index (χ0v) is 10.4. The Hall–Kier alpha value is -1.95. The average molecular weight is 292 g/mol. The molecule has 4 N–H and O–H groups in total. The first-order chi connectivity index (χ1) is 8.08. The Morgan fingerprint density at radius 3 is 2.71 bits per heavy atom. The van der Waals surface area contributed by atoms with Crippen molar-refractivity contribution in [2.75, 3.05) is 5.73 Å². The molecule has 6 heteroatoms. The van der Waals surface area contributed by atoms with E-state index in [1.54, 1.807) is 24.3 Å². The van der Waals surface area contributed by atoms with Gasteiger partial charge in [-0.15, -0.1) is 0 Å². The third-order valence-electron chi connectivity index (χ3n) is 2.20. The molecule has 1 aromatic heterocycles. The minimum absolute atomic E-state index is 0.0215. The summed E-state index contributed by atoms with van der Waals surface area (Å²) in [5, 5.41) is 19.2. The van der Waals surface area contributed by atoms with E-state index < -0.39 is 0 Å². The van der Waals surface area contributed by atoms with Gasteiger partial charge in [0.2, 0.25) is 0 Å². The number of nitrogens with one attached hydrogen (secondary N) is 2. The van der Waals surface area contributed by atoms with Crippen LogP contribution in [0.4, 0.5) is 5.69 Å². The Morgan fingerprint density at radius 1 is 1.29 bits per heavy atom. The first-order valence-electron chi connectivity index (χ1n) is 4.83. The molecule has 0 saturated carbocycles. The maximum Gasteiger partial charge on any atom is 0.192 e. The van der Waals surface area contributed by atoms with Crippen LogP contribution in [-0.4, -0.2) is 14.5 Å². The summed E-state index contributed by atoms with van der Waals surface area (Å²) in [6.45, 7) is 0. The molecule has 0 saturated heterocycles. The number of halogens is 1. The molecule has 0 radical (unpaired) electrons. The molecule has 2 aromatic rings. The van der Waals surface area contributed by atoms with Crippen molar-refractivity contribution in [3.8, 4) is 11.3 Å². The van der Waals surface area contributed by atoms with Gasteiger partial charge >= 0.3 is 0 Å². The molecule has 2 rings (SSSR count). The SMILES string of the molecule is N=C(Br)n1nc(-c2cccc(N)c2)ccc1=N. The first-order valence-corrected chi connectivity index (χ1v) is 5.62. The minimum Gasteiger partial charge on any atom is -0.399 e. The van der Waals surface area contributed by atoms with Gasteiger partial charge in [-0.25, -0.2) is 0 Å². The predicted molar refractivity (Wildman–Crippen MR) is 70.0 cm³/mol. The fourth-order valence-electron chi connectivity index (χ4n) is 1.43. The fourth-order valence-corrected chi connectivity index (χ4v) is 1.70. The number of hydrogen-bond donors (Lipinski definition) is 3. The maximum atomic E-state index is 7.61. The zero-order chi connectivity index (χ0) is 12.4. The van der Waals surface area contributed by atoms with E-state index in [1.165, 1.54) is 4.68 Å². The highest BCUT2D eigenvalue weighted by Crippen LogP contribution is 2.17. The van der Waals surface area contributed by atoms with Crippen molar-refractivity contribution in [2.24, 2.45) is 0 Å². The first kappa shape index (κ1) is 11.5. The van der Waals surface area contributed by atoms with Crippen LogP contribution < -0.4 is 11.2 Å². The topological polar surface area (TPSA) is 91.5 Å². The van der Waals surface area contributed by atoms with E-state index in [0.717, 1.165) is 5.56 Å². The second-order valence-corrected chi connectivity index (χ2v) is 4.18. The number of hydrogen-bond acceptors (Lipinski definition) is 4. The van der Waals surface area contributed by atoms with Crippen LogP contribution in [0, 0.1) is 10.8 Å². The fraction of sp³-hybridized carbons (Fsp3) is 0. The molecule has 0 fully saturated rings. The van der Waals surface area contributed by atoms with Gasteiger partial charge in [0.15, 0.2) is 4.74 Å². The molecular weight excluding hydrogens is 282 g/mol. The van der Waals surface area contributed by atoms with E-state index in [2.05, 4.69) is 21.0 Å². The van der Waals surface area contributed by atoms with Crippen LogP contribution in [-0.2, 0) is 0 Å². The summed E-state index contributed by atoms with van der Waals surface area (Å²) < 4.78 is 1.21. The molecule has 0 atom stereocenters. The standard InChI is InChI=1S/C11H10BrN5/c12-11(15)17-10(14)5-4-9(16-17)7-2-1-3-8(13)6-7/h1-6,14-15H,13H2. The van der Waals surface area contributed by atoms with Gasteiger partial charge in [-0.1, -0.05) is 12.1 Å². The average Bonchev–Trinajstić information content (AvgIpc) is 2.29. The Balaban J connectivity index is 2.58. The number of nitrogen functional groups attached to an aromatic ring is 1. The molecule has 5 nitrogen and oxygen atoms in total. The van der Waals surface area contributed by atoms with Crippen LogP contribution in [0.25, 0.3) is 11.3 Å². The molecule has 0 aliphatic heterocycles. The van der Waals surface area contributed by atoms with Crippen LogP contribution in [0.3, 0.4) is 0 Å². The monoisotopic (exact) mass is 291 g/mol. The van der Waals surface area contributed by atoms with E-state index in [1.807, 2.05) is 12.1 Å². The molecule has 1 heterocycles. The smallest absolute Gasteiger partial charge is 0.192 e. The maximum absolute atomic E-state index is 7.61. The Morgan fingerprint density at radius 2 is 2.06 bits per heavy atom. The predicted octanol–water partition coefficient (Wildman–Crippen LogP) is 1.79. The zero-order valence-electron chi connectivity index (χ0n) is 8.81. The quantitative estimate of drug-likeness (QED) is 0.425. The van der Waals surface area contributed by atoms with Crippen LogP contribution in [0.1, 0.15) is 0 Å². The van der Waals surface area contributed by atoms with Gasteiger partial charge in [-0.3, -0.25) is 10.8 Å². The van der Waals surface area contributed by atoms with Crippen molar-refractivity contribution in [2.45, 2.75) is 0 Å². The number of nitrogens with two attached hydrogens (primary N) is 1. The number of aromatic nitrogens is 2. The van der Waals surface area contributed by atoms with Gasteiger partial charge in [-0.2, -0.15) is 9.78 Å². The lowest BCUT2D eigenvalue weighted by Crippen LogP contribution is -2.25. The van der Waals surface area contributed by atoms with Crippen molar-refractivity contribution in [3.05, 3.63) is 41.9 Å². The number of rotatable bonds is 1. The van der Waals surface area contributed by atoms with Crippen molar-refractivity contribution >= 4 is 26.4 Å². The second kappa shape index (κ2) is 4.50. The molecule has 1 aromatic carbocycles. The van der Waals surface area contributed by atoms with Crippen molar-refractivity contribution in [1.29, 1.82) is 10.8 Å². The van der Waals surface area contributed by atoms with E-state index in [4.69, 9.17) is 16.6 Å². The number of nitrogens with zero attached hydrogens (tertiary/aromatic N) is 2. The highest BCUT2D eigenvalue weighted by Gasteiger charge is 2.03. The van der Waals surface area contributed by atoms with E-state index in [9.17, 15) is 0 Å². The van der Waals surface area contributed by atoms with Gasteiger partial charge in [0.05, 0.1) is 5.69 Å². The summed E-state index contributed by atoms with van der Waals surface area (Å²) in [5.41, 5.74) is 8.01. The van der Waals surface area contributed by atoms with Crippen LogP contribution in [0.5, 0.6) is 0 Å². The summed E-state index contributed by atoms with van der Waals surface area (Å²) in [4.78, 5) is 0. The van der Waals surface area contributed by atoms with E-state index in [0.29, 0.717) is 11.4 Å². The summed E-state index contributed by atoms with van der Waals surface area (Å²) in [5.74, 6) is 0. The van der Waals surface area contributed by atoms with Crippen molar-refractivity contribution in [1.82, 2.24) is 9.78 Å². The largest absolute Gasteiger partial charge is 0.399 e. The summed E-state index contributed by atoms with van der Waals surface area (Å²) in [7, 11) is 0. The number of anilines is 1. The van der Waals surface area contributed by atoms with E-state index >= 15 is 0 Å². The Labute approximate surface area is 106 Å². The van der Waals surface area contributed by atoms with Gasteiger partial charge < -0.3 is 5.73 Å². The van der Waals surface area contributed by atoms with Crippen molar-refractivity contribution < 1.29 is 0 Å². The normalized spacial score (nSPS) is 10.2. The van der Waals surface area contributed by atoms with Gasteiger partial charge in [0.1, 0.15) is 5.49 Å². The molecule has 0 bridgehead atoms. The molecule has 0 aliphatic carbocycles. The highest BCUT2D eigenvalue weighted by molar-refractivity contribution is 9.18. The molecule has 0 aliphatic rings.